The number of aliphatic hydroxyl groups is 2. The van der Waals surface area contributed by atoms with Gasteiger partial charge in [-0.05, 0) is 152 Å². The molecule has 2 N–H and O–H groups in total. The predicted molar refractivity (Wildman–Crippen MR) is 486 cm³/mol. The summed E-state index contributed by atoms with van der Waals surface area (Å²) >= 11 is 0. The van der Waals surface area contributed by atoms with Crippen molar-refractivity contribution in [2.45, 2.75) is 537 Å². The van der Waals surface area contributed by atoms with Crippen LogP contribution < -0.4 is 0 Å². The van der Waals surface area contributed by atoms with Gasteiger partial charge in [-0.2, -0.15) is 0 Å². The quantitative estimate of drug-likeness (QED) is 0.0337. The molecule has 4 unspecified atom stereocenters. The fraction of sp³-hybridized carbons (Fsp3) is 0.950. The molecule has 12 nitrogen and oxygen atoms in total. The maximum Gasteiger partial charge on any atom is 0.305 e. The van der Waals surface area contributed by atoms with E-state index in [9.17, 15) is 29.4 Å². The number of hydrogen-bond acceptors (Lipinski definition) is 12. The number of hydrogen-bond donors (Lipinski definition) is 2. The first-order valence-electron chi connectivity index (χ1n) is 50.2. The lowest BCUT2D eigenvalue weighted by Crippen LogP contribution is -2.32. The van der Waals surface area contributed by atoms with Gasteiger partial charge in [0.25, 0.3) is 0 Å². The lowest BCUT2D eigenvalue weighted by Gasteiger charge is -2.28. The Hall–Kier alpha value is -2.57. The average Bonchev–Trinajstić information content (AvgIpc) is 0.930. The Labute approximate surface area is 704 Å². The number of aliphatic hydroxyl groups excluding tert-OH is 2. The summed E-state index contributed by atoms with van der Waals surface area (Å²) in [6.45, 7) is 24.1. The van der Waals surface area contributed by atoms with E-state index in [2.05, 4.69) is 67.3 Å². The van der Waals surface area contributed by atoms with Crippen molar-refractivity contribution < 1.29 is 53.1 Å². The molecule has 4 atom stereocenters. The summed E-state index contributed by atoms with van der Waals surface area (Å²) in [6, 6.07) is 0.499. The Morgan fingerprint density at radius 3 is 0.619 bits per heavy atom. The van der Waals surface area contributed by atoms with Crippen molar-refractivity contribution in [2.24, 2.45) is 29.6 Å². The van der Waals surface area contributed by atoms with Gasteiger partial charge >= 0.3 is 23.9 Å². The van der Waals surface area contributed by atoms with Crippen LogP contribution in [0, 0.1) is 29.6 Å². The minimum Gasteiger partial charge on any atom is -0.465 e. The van der Waals surface area contributed by atoms with Gasteiger partial charge < -0.3 is 38.9 Å². The highest BCUT2D eigenvalue weighted by atomic mass is 16.5. The predicted octanol–water partition coefficient (Wildman–Crippen LogP) is 30.4. The van der Waals surface area contributed by atoms with Crippen molar-refractivity contribution in [3.8, 4) is 0 Å². The molecule has 0 aliphatic rings. The molecule has 12 heteroatoms. The molecule has 0 spiro atoms. The minimum absolute atomic E-state index is 0.000818. The first-order valence-corrected chi connectivity index (χ1v) is 50.2. The molecule has 113 heavy (non-hydrogen) atoms. The highest BCUT2D eigenvalue weighted by molar-refractivity contribution is 5.70. The molecule has 0 aromatic rings. The molecule has 0 saturated heterocycles. The standard InChI is InChI=1S/C50H99NO5.C50H98O5.CH2O/c1-6-10-14-18-20-26-36-46(34-24-16-12-8-3)44-55-49(53)40-30-22-28-38-48(51(5)42-32-33-43-52)39-29-23-31-41-50(54)56-45-47(35-25-17-13-9-4)37-27-21-19-15-11-7-2;1-5-9-13-17-19-26-39-47(37-24-15-11-7-3)44-54-49(52)41-31-21-28-34-46(36-30-23-33-43-51)35-29-22-32-42-50(53)55-45-48(38-25-16-12-8-4)40-27-20-18-14-10-6-2;1-2/h46-48,52H,6-45H2,1-5H3;46-48,51H,5-45H2,1-4H3;1H2. The SMILES string of the molecule is C=O.CCCCCCCCC(CCCCCC)COC(=O)CCCCCC(CCCCCC(=O)OCC(CCCCCC)CCCCCCCC)N(C)CCCCO.CCCCCCCCC(CCCCCC)COC(=O)CCCCCC(CCCCCO)CCCCCC(=O)OCC(CCCCCC)CCCCCCCC. The number of ether oxygens (including phenoxy) is 4. The molecule has 0 fully saturated rings. The van der Waals surface area contributed by atoms with Crippen molar-refractivity contribution in [2.75, 3.05) is 53.2 Å². The molecule has 0 aromatic carbocycles. The topological polar surface area (TPSA) is 166 Å². The zero-order chi connectivity index (χ0) is 83.5. The van der Waals surface area contributed by atoms with E-state index in [1.54, 1.807) is 0 Å². The fourth-order valence-corrected chi connectivity index (χ4v) is 16.5. The third-order valence-electron chi connectivity index (χ3n) is 24.3. The summed E-state index contributed by atoms with van der Waals surface area (Å²) in [5.74, 6) is 2.78. The number of nitrogens with zero attached hydrogens (tertiary/aromatic N) is 1. The summed E-state index contributed by atoms with van der Waals surface area (Å²) in [5, 5.41) is 18.6. The molecule has 0 bridgehead atoms. The highest BCUT2D eigenvalue weighted by Crippen LogP contribution is 2.28. The van der Waals surface area contributed by atoms with Gasteiger partial charge in [-0.25, -0.2) is 0 Å². The van der Waals surface area contributed by atoms with E-state index in [1.807, 2.05) is 6.79 Å². The Balaban J connectivity index is -0.00000210. The maximum absolute atomic E-state index is 12.7. The second-order valence-electron chi connectivity index (χ2n) is 35.2. The van der Waals surface area contributed by atoms with Crippen LogP contribution in [0.1, 0.15) is 531 Å². The second-order valence-corrected chi connectivity index (χ2v) is 35.2. The van der Waals surface area contributed by atoms with Gasteiger partial charge in [0.05, 0.1) is 26.4 Å². The van der Waals surface area contributed by atoms with E-state index in [4.69, 9.17) is 23.7 Å². The largest absolute Gasteiger partial charge is 0.465 e. The highest BCUT2D eigenvalue weighted by Gasteiger charge is 2.20. The molecule has 0 aliphatic heterocycles. The molecule has 0 saturated carbocycles. The molecular weight excluding hydrogens is 1400 g/mol. The number of rotatable bonds is 90. The van der Waals surface area contributed by atoms with Gasteiger partial charge in [-0.15, -0.1) is 0 Å². The van der Waals surface area contributed by atoms with Gasteiger partial charge in [0.1, 0.15) is 6.79 Å². The average molecular weight is 1600 g/mol. The van der Waals surface area contributed by atoms with E-state index in [1.165, 1.54) is 347 Å². The molecule has 0 rings (SSSR count). The summed E-state index contributed by atoms with van der Waals surface area (Å²) < 4.78 is 23.4. The van der Waals surface area contributed by atoms with Crippen LogP contribution >= 0.6 is 0 Å². The normalized spacial score (nSPS) is 13.0. The monoisotopic (exact) mass is 1600 g/mol. The molecule has 0 amide bonds. The van der Waals surface area contributed by atoms with E-state index in [0.29, 0.717) is 87.7 Å². The van der Waals surface area contributed by atoms with Gasteiger partial charge in [0.15, 0.2) is 0 Å². The Bertz CT molecular complexity index is 1770. The van der Waals surface area contributed by atoms with Gasteiger partial charge in [0.2, 0.25) is 0 Å². The molecule has 674 valence electrons. The van der Waals surface area contributed by atoms with Crippen LogP contribution in [0.5, 0.6) is 0 Å². The van der Waals surface area contributed by atoms with Crippen LogP contribution in [0.2, 0.25) is 0 Å². The Morgan fingerprint density at radius 2 is 0.398 bits per heavy atom. The number of unbranched alkanes of at least 4 members (excludes halogenated alkanes) is 43. The van der Waals surface area contributed by atoms with Crippen LogP contribution in [0.25, 0.3) is 0 Å². The summed E-state index contributed by atoms with van der Waals surface area (Å²) in [5.41, 5.74) is 0. The van der Waals surface area contributed by atoms with Crippen LogP contribution in [-0.4, -0.2) is 105 Å². The molecule has 0 radical (unpaired) electrons. The van der Waals surface area contributed by atoms with Crippen LogP contribution in [-0.2, 0) is 42.9 Å². The lowest BCUT2D eigenvalue weighted by molar-refractivity contribution is -0.146. The fourth-order valence-electron chi connectivity index (χ4n) is 16.5. The van der Waals surface area contributed by atoms with Crippen LogP contribution in [0.4, 0.5) is 0 Å². The smallest absolute Gasteiger partial charge is 0.305 e. The molecule has 0 aliphatic carbocycles. The van der Waals surface area contributed by atoms with Gasteiger partial charge in [-0.3, -0.25) is 19.2 Å². The van der Waals surface area contributed by atoms with E-state index in [-0.39, 0.29) is 37.1 Å². The first kappa shape index (κ1) is 115. The van der Waals surface area contributed by atoms with Crippen molar-refractivity contribution >= 4 is 30.7 Å². The Morgan fingerprint density at radius 1 is 0.230 bits per heavy atom. The number of esters is 4. The summed E-state index contributed by atoms with van der Waals surface area (Å²) in [6.07, 6.45) is 87.4. The van der Waals surface area contributed by atoms with Gasteiger partial charge in [-0.1, -0.05) is 396 Å². The first-order chi connectivity index (χ1) is 55.4. The zero-order valence-electron chi connectivity index (χ0n) is 77.5. The van der Waals surface area contributed by atoms with Crippen molar-refractivity contribution in [3.63, 3.8) is 0 Å². The van der Waals surface area contributed by atoms with E-state index in [0.717, 1.165) is 109 Å². The van der Waals surface area contributed by atoms with E-state index < -0.39 is 0 Å². The summed E-state index contributed by atoms with van der Waals surface area (Å²) in [7, 11) is 2.23. The maximum atomic E-state index is 12.7. The van der Waals surface area contributed by atoms with Gasteiger partial charge in [0, 0.05) is 44.9 Å². The van der Waals surface area contributed by atoms with E-state index >= 15 is 0 Å². The van der Waals surface area contributed by atoms with Crippen LogP contribution in [0.15, 0.2) is 0 Å². The second kappa shape index (κ2) is 96.6. The zero-order valence-corrected chi connectivity index (χ0v) is 77.5. The molecule has 0 aromatic heterocycles. The van der Waals surface area contributed by atoms with Crippen molar-refractivity contribution in [1.29, 1.82) is 0 Å². The van der Waals surface area contributed by atoms with Crippen molar-refractivity contribution in [1.82, 2.24) is 4.90 Å². The molecular formula is C101H199NO11. The number of carbonyl (C=O) groups excluding carboxylic acids is 5. The Kier molecular flexibility index (Phi) is 97.9. The van der Waals surface area contributed by atoms with Crippen LogP contribution in [0.3, 0.4) is 0 Å². The van der Waals surface area contributed by atoms with Crippen molar-refractivity contribution in [3.05, 3.63) is 0 Å². The summed E-state index contributed by atoms with van der Waals surface area (Å²) in [4.78, 5) is 61.2. The third-order valence-corrected chi connectivity index (χ3v) is 24.3. The minimum atomic E-state index is -0.0111. The lowest BCUT2D eigenvalue weighted by atomic mass is 9.90. The third kappa shape index (κ3) is 87.1. The molecule has 0 heterocycles. The number of carbonyl (C=O) groups is 5.